The molecule has 1 saturated heterocycles. The highest BCUT2D eigenvalue weighted by molar-refractivity contribution is 6.11. The highest BCUT2D eigenvalue weighted by Crippen LogP contribution is 2.41. The molecule has 1 heterocycles. The van der Waals surface area contributed by atoms with Crippen molar-refractivity contribution in [3.05, 3.63) is 35.4 Å². The molecule has 0 bridgehead atoms. The van der Waals surface area contributed by atoms with Crippen molar-refractivity contribution in [2.75, 3.05) is 20.3 Å². The Morgan fingerprint density at radius 2 is 1.93 bits per heavy atom. The fraction of sp³-hybridized carbons (Fsp3) is 0.609. The molecule has 3 amide bonds. The molecule has 2 aliphatic rings. The molecule has 0 aromatic heterocycles. The van der Waals surface area contributed by atoms with Crippen molar-refractivity contribution in [3.63, 3.8) is 0 Å². The van der Waals surface area contributed by atoms with Crippen LogP contribution in [0.25, 0.3) is 0 Å². The maximum atomic E-state index is 13.5. The van der Waals surface area contributed by atoms with Crippen LogP contribution in [0.15, 0.2) is 24.3 Å². The lowest BCUT2D eigenvalue weighted by Crippen LogP contribution is -2.45. The number of aryl methyl sites for hydroxylation is 1. The van der Waals surface area contributed by atoms with Crippen LogP contribution >= 0.6 is 0 Å². The summed E-state index contributed by atoms with van der Waals surface area (Å²) in [6.07, 6.45) is 6.08. The fourth-order valence-corrected chi connectivity index (χ4v) is 4.75. The van der Waals surface area contributed by atoms with E-state index >= 15 is 0 Å². The van der Waals surface area contributed by atoms with Gasteiger partial charge < -0.3 is 10.1 Å². The topological polar surface area (TPSA) is 75.7 Å². The molecule has 3 rings (SSSR count). The third-order valence-corrected chi connectivity index (χ3v) is 6.23. The summed E-state index contributed by atoms with van der Waals surface area (Å²) < 4.78 is 5.06. The summed E-state index contributed by atoms with van der Waals surface area (Å²) in [7, 11) is 1.60. The summed E-state index contributed by atoms with van der Waals surface area (Å²) in [6, 6.07) is 7.77. The number of likely N-dealkylation sites (tertiary alicyclic amines) is 1. The first kappa shape index (κ1) is 21.5. The number of carbonyl (C=O) groups excluding carboxylic acids is 3. The third-order valence-electron chi connectivity index (χ3n) is 6.23. The van der Waals surface area contributed by atoms with Crippen LogP contribution in [0.1, 0.15) is 62.5 Å². The van der Waals surface area contributed by atoms with E-state index in [2.05, 4.69) is 5.32 Å². The van der Waals surface area contributed by atoms with E-state index in [1.54, 1.807) is 7.11 Å². The van der Waals surface area contributed by atoms with Crippen LogP contribution < -0.4 is 5.32 Å². The predicted molar refractivity (Wildman–Crippen MR) is 110 cm³/mol. The summed E-state index contributed by atoms with van der Waals surface area (Å²) >= 11 is 0. The van der Waals surface area contributed by atoms with Gasteiger partial charge >= 0.3 is 0 Å². The van der Waals surface area contributed by atoms with E-state index in [1.165, 1.54) is 11.3 Å². The van der Waals surface area contributed by atoms with Gasteiger partial charge in [0.1, 0.15) is 0 Å². The Morgan fingerprint density at radius 3 is 2.62 bits per heavy atom. The van der Waals surface area contributed by atoms with Gasteiger partial charge in [-0.2, -0.15) is 0 Å². The largest absolute Gasteiger partial charge is 0.385 e. The number of nitrogens with zero attached hydrogens (tertiary/aromatic N) is 1. The van der Waals surface area contributed by atoms with Crippen molar-refractivity contribution < 1.29 is 19.1 Å². The second-order valence-corrected chi connectivity index (χ2v) is 8.35. The maximum Gasteiger partial charge on any atom is 0.240 e. The van der Waals surface area contributed by atoms with E-state index in [0.717, 1.165) is 36.8 Å². The predicted octanol–water partition coefficient (Wildman–Crippen LogP) is 2.87. The highest BCUT2D eigenvalue weighted by Gasteiger charge is 2.54. The molecule has 1 unspecified atom stereocenters. The van der Waals surface area contributed by atoms with Crippen LogP contribution in [0.5, 0.6) is 0 Å². The third kappa shape index (κ3) is 4.69. The minimum absolute atomic E-state index is 0.0136. The van der Waals surface area contributed by atoms with Gasteiger partial charge in [0.05, 0.1) is 5.41 Å². The summed E-state index contributed by atoms with van der Waals surface area (Å²) in [6.45, 7) is 2.74. The Balaban J connectivity index is 1.85. The second kappa shape index (κ2) is 9.53. The first-order chi connectivity index (χ1) is 14.0. The number of benzene rings is 1. The molecule has 1 atom stereocenters. The van der Waals surface area contributed by atoms with Gasteiger partial charge in [-0.3, -0.25) is 19.3 Å². The van der Waals surface area contributed by atoms with Gasteiger partial charge in [0.2, 0.25) is 17.7 Å². The monoisotopic (exact) mass is 400 g/mol. The van der Waals surface area contributed by atoms with Crippen molar-refractivity contribution >= 4 is 17.7 Å². The van der Waals surface area contributed by atoms with Gasteiger partial charge in [0.15, 0.2) is 0 Å². The Kier molecular flexibility index (Phi) is 7.06. The molecule has 29 heavy (non-hydrogen) atoms. The van der Waals surface area contributed by atoms with Crippen molar-refractivity contribution in [3.8, 4) is 0 Å². The Morgan fingerprint density at radius 1 is 1.21 bits per heavy atom. The zero-order valence-corrected chi connectivity index (χ0v) is 17.5. The zero-order valence-electron chi connectivity index (χ0n) is 17.5. The van der Waals surface area contributed by atoms with Gasteiger partial charge in [0, 0.05) is 39.1 Å². The van der Waals surface area contributed by atoms with Crippen LogP contribution in [-0.2, 0) is 24.5 Å². The Hall–Kier alpha value is -2.21. The van der Waals surface area contributed by atoms with E-state index in [1.807, 2.05) is 31.2 Å². The standard InChI is InChI=1S/C23H32N2O4/c1-17-9-6-7-12-19(17)23(15-20(26)24-18-10-4-3-5-11-18)16-21(27)25(22(23)28)13-8-14-29-2/h6-7,9,12,18H,3-5,8,10-11,13-16H2,1-2H3,(H,24,26). The van der Waals surface area contributed by atoms with Gasteiger partial charge in [-0.05, 0) is 37.3 Å². The number of imide groups is 1. The van der Waals surface area contributed by atoms with Gasteiger partial charge in [-0.25, -0.2) is 0 Å². The molecule has 1 N–H and O–H groups in total. The first-order valence-electron chi connectivity index (χ1n) is 10.7. The van der Waals surface area contributed by atoms with Crippen LogP contribution in [-0.4, -0.2) is 48.9 Å². The highest BCUT2D eigenvalue weighted by atomic mass is 16.5. The van der Waals surface area contributed by atoms with E-state index in [9.17, 15) is 14.4 Å². The van der Waals surface area contributed by atoms with Crippen molar-refractivity contribution in [1.82, 2.24) is 10.2 Å². The number of ether oxygens (including phenoxy) is 1. The van der Waals surface area contributed by atoms with Crippen LogP contribution in [0, 0.1) is 6.92 Å². The molecule has 158 valence electrons. The average molecular weight is 401 g/mol. The molecule has 0 radical (unpaired) electrons. The van der Waals surface area contributed by atoms with Gasteiger partial charge in [0.25, 0.3) is 0 Å². The van der Waals surface area contributed by atoms with Crippen LogP contribution in [0.3, 0.4) is 0 Å². The number of methoxy groups -OCH3 is 1. The summed E-state index contributed by atoms with van der Waals surface area (Å²) in [4.78, 5) is 40.6. The molecule has 1 aliphatic carbocycles. The summed E-state index contributed by atoms with van der Waals surface area (Å²) in [5.74, 6) is -0.605. The quantitative estimate of drug-likeness (QED) is 0.538. The smallest absolute Gasteiger partial charge is 0.240 e. The lowest BCUT2D eigenvalue weighted by Gasteiger charge is -2.30. The normalized spacial score (nSPS) is 22.9. The van der Waals surface area contributed by atoms with Gasteiger partial charge in [-0.15, -0.1) is 0 Å². The number of rotatable bonds is 8. The average Bonchev–Trinajstić information content (AvgIpc) is 2.94. The second-order valence-electron chi connectivity index (χ2n) is 8.35. The molecule has 1 aromatic carbocycles. The minimum atomic E-state index is -1.12. The minimum Gasteiger partial charge on any atom is -0.385 e. The molecule has 1 aromatic rings. The lowest BCUT2D eigenvalue weighted by molar-refractivity contribution is -0.141. The molecule has 1 aliphatic heterocycles. The number of amides is 3. The zero-order chi connectivity index (χ0) is 20.9. The fourth-order valence-electron chi connectivity index (χ4n) is 4.75. The van der Waals surface area contributed by atoms with Gasteiger partial charge in [-0.1, -0.05) is 43.5 Å². The SMILES string of the molecule is COCCCN1C(=O)CC(CC(=O)NC2CCCCC2)(c2ccccc2C)C1=O. The first-order valence-corrected chi connectivity index (χ1v) is 10.7. The number of nitrogens with one attached hydrogen (secondary N) is 1. The molecular weight excluding hydrogens is 368 g/mol. The Bertz CT molecular complexity index is 757. The van der Waals surface area contributed by atoms with E-state index in [0.29, 0.717) is 19.6 Å². The Labute approximate surface area is 173 Å². The van der Waals surface area contributed by atoms with Crippen molar-refractivity contribution in [2.24, 2.45) is 0 Å². The lowest BCUT2D eigenvalue weighted by atomic mass is 9.74. The van der Waals surface area contributed by atoms with E-state index in [-0.39, 0.29) is 36.6 Å². The summed E-state index contributed by atoms with van der Waals surface area (Å²) in [5, 5.41) is 3.12. The molecule has 6 heteroatoms. The van der Waals surface area contributed by atoms with Crippen LogP contribution in [0.4, 0.5) is 0 Å². The molecule has 1 saturated carbocycles. The van der Waals surface area contributed by atoms with E-state index < -0.39 is 5.41 Å². The maximum absolute atomic E-state index is 13.5. The number of hydrogen-bond acceptors (Lipinski definition) is 4. The molecule has 2 fully saturated rings. The molecule has 0 spiro atoms. The summed E-state index contributed by atoms with van der Waals surface area (Å²) in [5.41, 5.74) is 0.595. The number of carbonyl (C=O) groups is 3. The number of hydrogen-bond donors (Lipinski definition) is 1. The molecular formula is C23H32N2O4. The van der Waals surface area contributed by atoms with Crippen molar-refractivity contribution in [1.29, 1.82) is 0 Å². The van der Waals surface area contributed by atoms with Crippen molar-refractivity contribution in [2.45, 2.75) is 69.7 Å². The molecule has 6 nitrogen and oxygen atoms in total. The van der Waals surface area contributed by atoms with Crippen LogP contribution in [0.2, 0.25) is 0 Å². The van der Waals surface area contributed by atoms with E-state index in [4.69, 9.17) is 4.74 Å².